The third-order valence-electron chi connectivity index (χ3n) is 5.23. The molecule has 0 aromatic heterocycles. The monoisotopic (exact) mass is 347 g/mol. The third-order valence-corrected chi connectivity index (χ3v) is 5.23. The smallest absolute Gasteiger partial charge is 0.191 e. The van der Waals surface area contributed by atoms with Gasteiger partial charge in [-0.1, -0.05) is 6.92 Å². The number of hydrogen-bond donors (Lipinski definition) is 1. The molecule has 1 aromatic rings. The lowest BCUT2D eigenvalue weighted by molar-refractivity contribution is 0.188. The van der Waals surface area contributed by atoms with Crippen molar-refractivity contribution < 1.29 is 4.39 Å². The highest BCUT2D eigenvalue weighted by Gasteiger charge is 2.19. The van der Waals surface area contributed by atoms with E-state index in [-0.39, 0.29) is 5.82 Å². The first kappa shape index (κ1) is 18.0. The van der Waals surface area contributed by atoms with Gasteiger partial charge in [0.25, 0.3) is 0 Å². The van der Waals surface area contributed by atoms with Gasteiger partial charge in [0.05, 0.1) is 6.54 Å². The van der Waals surface area contributed by atoms with Crippen LogP contribution in [0.1, 0.15) is 19.8 Å². The van der Waals surface area contributed by atoms with E-state index in [1.807, 2.05) is 12.1 Å². The molecule has 0 spiro atoms. The van der Waals surface area contributed by atoms with Gasteiger partial charge < -0.3 is 20.4 Å². The third kappa shape index (κ3) is 5.08. The van der Waals surface area contributed by atoms with Crippen molar-refractivity contribution in [2.75, 3.05) is 57.3 Å². The molecule has 2 saturated heterocycles. The van der Waals surface area contributed by atoms with Crippen LogP contribution in [0.5, 0.6) is 0 Å². The van der Waals surface area contributed by atoms with Crippen LogP contribution in [0.15, 0.2) is 29.3 Å². The number of anilines is 1. The molecule has 0 aliphatic carbocycles. The Labute approximate surface area is 150 Å². The lowest BCUT2D eigenvalue weighted by Gasteiger charge is -2.36. The number of nitrogens with zero attached hydrogens (tertiary/aromatic N) is 4. The standard InChI is InChI=1S/C19H30FN5/c1-16-3-2-9-23(15-16)10-8-22-19(21)25-13-11-24(12-14-25)18-6-4-17(20)5-7-18/h4-7,16H,2-3,8-15H2,1H3,(H2,21,22). The van der Waals surface area contributed by atoms with Crippen LogP contribution in [0.2, 0.25) is 0 Å². The van der Waals surface area contributed by atoms with Gasteiger partial charge in [-0.2, -0.15) is 0 Å². The highest BCUT2D eigenvalue weighted by molar-refractivity contribution is 5.78. The summed E-state index contributed by atoms with van der Waals surface area (Å²) in [7, 11) is 0. The van der Waals surface area contributed by atoms with Crippen LogP contribution in [0.3, 0.4) is 0 Å². The van der Waals surface area contributed by atoms with E-state index in [0.717, 1.165) is 50.9 Å². The molecule has 3 rings (SSSR count). The predicted octanol–water partition coefficient (Wildman–Crippen LogP) is 1.99. The Bertz CT molecular complexity index is 566. The van der Waals surface area contributed by atoms with E-state index in [1.165, 1.54) is 38.1 Å². The summed E-state index contributed by atoms with van der Waals surface area (Å²) in [5, 5.41) is 0. The Balaban J connectivity index is 1.43. The second-order valence-electron chi connectivity index (χ2n) is 7.24. The number of rotatable bonds is 4. The summed E-state index contributed by atoms with van der Waals surface area (Å²) in [6.45, 7) is 9.95. The summed E-state index contributed by atoms with van der Waals surface area (Å²) in [4.78, 5) is 11.5. The summed E-state index contributed by atoms with van der Waals surface area (Å²) >= 11 is 0. The second-order valence-corrected chi connectivity index (χ2v) is 7.24. The number of likely N-dealkylation sites (tertiary alicyclic amines) is 1. The molecule has 2 N–H and O–H groups in total. The van der Waals surface area contributed by atoms with Gasteiger partial charge in [0.15, 0.2) is 5.96 Å². The summed E-state index contributed by atoms with van der Waals surface area (Å²) in [6.07, 6.45) is 2.64. The van der Waals surface area contributed by atoms with Gasteiger partial charge in [0, 0.05) is 45.0 Å². The largest absolute Gasteiger partial charge is 0.370 e. The number of guanidine groups is 1. The number of benzene rings is 1. The van der Waals surface area contributed by atoms with Crippen molar-refractivity contribution in [3.05, 3.63) is 30.1 Å². The average molecular weight is 347 g/mol. The van der Waals surface area contributed by atoms with Crippen molar-refractivity contribution in [2.45, 2.75) is 19.8 Å². The Kier molecular flexibility index (Phi) is 6.13. The minimum absolute atomic E-state index is 0.193. The predicted molar refractivity (Wildman–Crippen MR) is 102 cm³/mol. The van der Waals surface area contributed by atoms with Gasteiger partial charge in [-0.15, -0.1) is 0 Å². The molecule has 6 heteroatoms. The maximum Gasteiger partial charge on any atom is 0.191 e. The topological polar surface area (TPSA) is 48.1 Å². The zero-order valence-corrected chi connectivity index (χ0v) is 15.2. The zero-order chi connectivity index (χ0) is 17.6. The van der Waals surface area contributed by atoms with E-state index in [9.17, 15) is 4.39 Å². The Morgan fingerprint density at radius 1 is 1.16 bits per heavy atom. The van der Waals surface area contributed by atoms with Crippen LogP contribution in [-0.2, 0) is 0 Å². The SMILES string of the molecule is CC1CCCN(CCN=C(N)N2CCN(c3ccc(F)cc3)CC2)C1. The fraction of sp³-hybridized carbons (Fsp3) is 0.632. The average Bonchev–Trinajstić information content (AvgIpc) is 2.62. The van der Waals surface area contributed by atoms with Gasteiger partial charge in [0.1, 0.15) is 5.82 Å². The lowest BCUT2D eigenvalue weighted by Crippen LogP contribution is -2.51. The molecular formula is C19H30FN5. The number of hydrogen-bond acceptors (Lipinski definition) is 3. The maximum absolute atomic E-state index is 13.0. The molecule has 1 atom stereocenters. The minimum atomic E-state index is -0.193. The zero-order valence-electron chi connectivity index (χ0n) is 15.2. The van der Waals surface area contributed by atoms with E-state index in [1.54, 1.807) is 0 Å². The van der Waals surface area contributed by atoms with Gasteiger partial charge in [-0.05, 0) is 49.6 Å². The summed E-state index contributed by atoms with van der Waals surface area (Å²) in [5.41, 5.74) is 7.25. The van der Waals surface area contributed by atoms with Crippen molar-refractivity contribution in [3.63, 3.8) is 0 Å². The van der Waals surface area contributed by atoms with Crippen molar-refractivity contribution >= 4 is 11.6 Å². The molecule has 0 radical (unpaired) electrons. The number of piperazine rings is 1. The van der Waals surface area contributed by atoms with Crippen LogP contribution in [-0.4, -0.2) is 68.1 Å². The summed E-state index contributed by atoms with van der Waals surface area (Å²) in [6, 6.07) is 6.70. The number of aliphatic imine (C=N–C) groups is 1. The van der Waals surface area contributed by atoms with E-state index in [0.29, 0.717) is 5.96 Å². The van der Waals surface area contributed by atoms with Gasteiger partial charge in [-0.3, -0.25) is 4.99 Å². The van der Waals surface area contributed by atoms with E-state index < -0.39 is 0 Å². The Hall–Kier alpha value is -1.82. The van der Waals surface area contributed by atoms with Crippen molar-refractivity contribution in [3.8, 4) is 0 Å². The lowest BCUT2D eigenvalue weighted by atomic mass is 10.0. The molecular weight excluding hydrogens is 317 g/mol. The van der Waals surface area contributed by atoms with Crippen LogP contribution in [0, 0.1) is 11.7 Å². The Morgan fingerprint density at radius 2 is 1.88 bits per heavy atom. The maximum atomic E-state index is 13.0. The second kappa shape index (κ2) is 8.52. The molecule has 5 nitrogen and oxygen atoms in total. The van der Waals surface area contributed by atoms with Crippen molar-refractivity contribution in [1.82, 2.24) is 9.80 Å². The first-order valence-electron chi connectivity index (χ1n) is 9.39. The number of nitrogens with two attached hydrogens (primary N) is 1. The van der Waals surface area contributed by atoms with Gasteiger partial charge in [-0.25, -0.2) is 4.39 Å². The quantitative estimate of drug-likeness (QED) is 0.668. The minimum Gasteiger partial charge on any atom is -0.370 e. The molecule has 1 aromatic carbocycles. The number of halogens is 1. The molecule has 2 fully saturated rings. The molecule has 0 amide bonds. The summed E-state index contributed by atoms with van der Waals surface area (Å²) < 4.78 is 13.0. The summed E-state index contributed by atoms with van der Waals surface area (Å²) in [5.74, 6) is 1.26. The van der Waals surface area contributed by atoms with Crippen LogP contribution >= 0.6 is 0 Å². The highest BCUT2D eigenvalue weighted by Crippen LogP contribution is 2.17. The normalized spacial score (nSPS) is 23.1. The highest BCUT2D eigenvalue weighted by atomic mass is 19.1. The van der Waals surface area contributed by atoms with E-state index >= 15 is 0 Å². The first-order valence-corrected chi connectivity index (χ1v) is 9.39. The van der Waals surface area contributed by atoms with Gasteiger partial charge >= 0.3 is 0 Å². The molecule has 2 heterocycles. The fourth-order valence-corrected chi connectivity index (χ4v) is 3.74. The van der Waals surface area contributed by atoms with Crippen LogP contribution in [0.25, 0.3) is 0 Å². The van der Waals surface area contributed by atoms with E-state index in [4.69, 9.17) is 5.73 Å². The molecule has 2 aliphatic rings. The van der Waals surface area contributed by atoms with Crippen molar-refractivity contribution in [1.29, 1.82) is 0 Å². The van der Waals surface area contributed by atoms with Gasteiger partial charge in [0.2, 0.25) is 0 Å². The first-order chi connectivity index (χ1) is 12.1. The van der Waals surface area contributed by atoms with E-state index in [2.05, 4.69) is 26.6 Å². The Morgan fingerprint density at radius 3 is 2.56 bits per heavy atom. The molecule has 0 bridgehead atoms. The van der Waals surface area contributed by atoms with Crippen molar-refractivity contribution in [2.24, 2.45) is 16.6 Å². The van der Waals surface area contributed by atoms with Crippen LogP contribution < -0.4 is 10.6 Å². The number of piperidine rings is 1. The molecule has 25 heavy (non-hydrogen) atoms. The molecule has 2 aliphatic heterocycles. The molecule has 1 unspecified atom stereocenters. The molecule has 138 valence electrons. The van der Waals surface area contributed by atoms with Crippen LogP contribution in [0.4, 0.5) is 10.1 Å². The molecule has 0 saturated carbocycles. The fourth-order valence-electron chi connectivity index (χ4n) is 3.74.